The summed E-state index contributed by atoms with van der Waals surface area (Å²) in [5, 5.41) is 9.33. The van der Waals surface area contributed by atoms with Crippen LogP contribution in [0.3, 0.4) is 0 Å². The highest BCUT2D eigenvalue weighted by Crippen LogP contribution is 2.43. The molecule has 2 saturated heterocycles. The van der Waals surface area contributed by atoms with Gasteiger partial charge in [0.2, 0.25) is 0 Å². The number of benzene rings is 1. The highest BCUT2D eigenvalue weighted by atomic mass is 16.5. The Morgan fingerprint density at radius 1 is 1.39 bits per heavy atom. The minimum Gasteiger partial charge on any atom is -0.497 e. The number of rotatable bonds is 4. The number of likely N-dealkylation sites (tertiary alicyclic amines) is 2. The van der Waals surface area contributed by atoms with Crippen LogP contribution in [0.4, 0.5) is 0 Å². The van der Waals surface area contributed by atoms with Gasteiger partial charge >= 0.3 is 5.97 Å². The van der Waals surface area contributed by atoms with Crippen molar-refractivity contribution >= 4 is 5.97 Å². The molecule has 2 aliphatic rings. The molecule has 0 saturated carbocycles. The lowest BCUT2D eigenvalue weighted by Crippen LogP contribution is -2.40. The van der Waals surface area contributed by atoms with E-state index in [1.54, 1.807) is 7.11 Å². The van der Waals surface area contributed by atoms with Gasteiger partial charge in [-0.05, 0) is 62.5 Å². The summed E-state index contributed by atoms with van der Waals surface area (Å²) in [6, 6.07) is 7.92. The molecule has 3 rings (SSSR count). The number of methoxy groups -OCH3 is 1. The molecule has 0 radical (unpaired) electrons. The smallest absolute Gasteiger partial charge is 0.320 e. The van der Waals surface area contributed by atoms with E-state index in [4.69, 9.17) is 4.74 Å². The fourth-order valence-corrected chi connectivity index (χ4v) is 4.12. The molecule has 0 amide bonds. The molecule has 0 aromatic heterocycles. The number of nitrogens with zero attached hydrogens (tertiary/aromatic N) is 2. The van der Waals surface area contributed by atoms with Crippen LogP contribution in [0.5, 0.6) is 5.75 Å². The zero-order valence-corrected chi connectivity index (χ0v) is 14.0. The van der Waals surface area contributed by atoms with Crippen molar-refractivity contribution in [2.24, 2.45) is 5.41 Å². The monoisotopic (exact) mass is 318 g/mol. The Morgan fingerprint density at radius 2 is 2.13 bits per heavy atom. The van der Waals surface area contributed by atoms with Gasteiger partial charge in [-0.3, -0.25) is 14.6 Å². The summed E-state index contributed by atoms with van der Waals surface area (Å²) in [5.74, 6) is 0.223. The Morgan fingerprint density at radius 3 is 2.74 bits per heavy atom. The molecule has 1 aromatic carbocycles. The molecule has 23 heavy (non-hydrogen) atoms. The maximum absolute atomic E-state index is 11.3. The minimum atomic E-state index is -0.678. The number of hydrogen-bond acceptors (Lipinski definition) is 4. The third kappa shape index (κ3) is 3.51. The number of piperidine rings is 1. The number of ether oxygens (including phenoxy) is 1. The molecule has 1 N–H and O–H groups in total. The Kier molecular flexibility index (Phi) is 4.60. The van der Waals surface area contributed by atoms with Crippen LogP contribution < -0.4 is 4.74 Å². The van der Waals surface area contributed by atoms with E-state index in [1.165, 1.54) is 5.56 Å². The first-order valence-corrected chi connectivity index (χ1v) is 8.30. The van der Waals surface area contributed by atoms with E-state index < -0.39 is 5.97 Å². The van der Waals surface area contributed by atoms with E-state index in [2.05, 4.69) is 17.0 Å². The second kappa shape index (κ2) is 6.49. The Balaban J connectivity index is 1.57. The predicted molar refractivity (Wildman–Crippen MR) is 88.6 cm³/mol. The maximum Gasteiger partial charge on any atom is 0.320 e. The number of aliphatic carboxylic acids is 1. The average molecular weight is 318 g/mol. The van der Waals surface area contributed by atoms with Crippen LogP contribution in [0.25, 0.3) is 0 Å². The molecule has 2 heterocycles. The van der Waals surface area contributed by atoms with Crippen molar-refractivity contribution < 1.29 is 14.6 Å². The van der Waals surface area contributed by atoms with Gasteiger partial charge < -0.3 is 9.84 Å². The van der Waals surface area contributed by atoms with Crippen LogP contribution in [-0.4, -0.2) is 60.7 Å². The van der Waals surface area contributed by atoms with Crippen LogP contribution in [0.15, 0.2) is 24.3 Å². The molecule has 2 fully saturated rings. The van der Waals surface area contributed by atoms with E-state index in [9.17, 15) is 9.90 Å². The van der Waals surface area contributed by atoms with Crippen LogP contribution in [0, 0.1) is 5.41 Å². The Labute approximate surface area is 137 Å². The molecule has 126 valence electrons. The van der Waals surface area contributed by atoms with Gasteiger partial charge in [0.1, 0.15) is 11.8 Å². The summed E-state index contributed by atoms with van der Waals surface area (Å²) in [4.78, 5) is 15.8. The van der Waals surface area contributed by atoms with Crippen molar-refractivity contribution in [1.82, 2.24) is 9.80 Å². The van der Waals surface area contributed by atoms with Gasteiger partial charge in [0.05, 0.1) is 7.11 Å². The summed E-state index contributed by atoms with van der Waals surface area (Å²) in [5.41, 5.74) is 1.47. The van der Waals surface area contributed by atoms with Crippen molar-refractivity contribution in [2.75, 3.05) is 33.8 Å². The lowest BCUT2D eigenvalue weighted by Gasteiger charge is -2.39. The Bertz CT molecular complexity index is 567. The zero-order chi connectivity index (χ0) is 16.4. The lowest BCUT2D eigenvalue weighted by atomic mass is 9.76. The first-order valence-electron chi connectivity index (χ1n) is 8.30. The first kappa shape index (κ1) is 16.3. The van der Waals surface area contributed by atoms with Crippen molar-refractivity contribution in [3.8, 4) is 5.75 Å². The molecule has 0 aliphatic carbocycles. The zero-order valence-electron chi connectivity index (χ0n) is 14.0. The molecule has 1 atom stereocenters. The van der Waals surface area contributed by atoms with Crippen LogP contribution in [0.2, 0.25) is 0 Å². The van der Waals surface area contributed by atoms with Crippen LogP contribution in [0.1, 0.15) is 24.8 Å². The van der Waals surface area contributed by atoms with E-state index in [1.807, 2.05) is 24.1 Å². The van der Waals surface area contributed by atoms with Crippen LogP contribution >= 0.6 is 0 Å². The standard InChI is InChI=1S/C18H26N2O3/c1-19-13-18(11-16(19)17(21)22)6-8-20(9-7-18)12-14-4-3-5-15(10-14)23-2/h3-5,10,16H,6-9,11-13H2,1-2H3,(H,21,22). The van der Waals surface area contributed by atoms with Gasteiger partial charge in [-0.1, -0.05) is 12.1 Å². The number of hydrogen-bond donors (Lipinski definition) is 1. The number of carboxylic acids is 1. The minimum absolute atomic E-state index is 0.197. The fraction of sp³-hybridized carbons (Fsp3) is 0.611. The molecular formula is C18H26N2O3. The van der Waals surface area contributed by atoms with Gasteiger partial charge in [-0.2, -0.15) is 0 Å². The van der Waals surface area contributed by atoms with E-state index in [0.717, 1.165) is 51.2 Å². The number of likely N-dealkylation sites (N-methyl/N-ethyl adjacent to an activating group) is 1. The van der Waals surface area contributed by atoms with Crippen molar-refractivity contribution in [2.45, 2.75) is 31.8 Å². The first-order chi connectivity index (χ1) is 11.0. The molecular weight excluding hydrogens is 292 g/mol. The highest BCUT2D eigenvalue weighted by molar-refractivity contribution is 5.74. The van der Waals surface area contributed by atoms with Crippen LogP contribution in [-0.2, 0) is 11.3 Å². The molecule has 0 bridgehead atoms. The normalized spacial score (nSPS) is 24.9. The largest absolute Gasteiger partial charge is 0.497 e. The van der Waals surface area contributed by atoms with Gasteiger partial charge in [-0.25, -0.2) is 0 Å². The van der Waals surface area contributed by atoms with Gasteiger partial charge in [0.25, 0.3) is 0 Å². The van der Waals surface area contributed by atoms with Gasteiger partial charge in [-0.15, -0.1) is 0 Å². The molecule has 1 spiro atoms. The fourth-order valence-electron chi connectivity index (χ4n) is 4.12. The second-order valence-electron chi connectivity index (χ2n) is 7.10. The Hall–Kier alpha value is -1.59. The summed E-state index contributed by atoms with van der Waals surface area (Å²) < 4.78 is 5.29. The topological polar surface area (TPSA) is 53.0 Å². The third-order valence-corrected chi connectivity index (χ3v) is 5.49. The average Bonchev–Trinajstić information content (AvgIpc) is 2.87. The van der Waals surface area contributed by atoms with E-state index in [-0.39, 0.29) is 11.5 Å². The number of carboxylic acid groups (broad SMARTS) is 1. The van der Waals surface area contributed by atoms with Gasteiger partial charge in [0.15, 0.2) is 0 Å². The maximum atomic E-state index is 11.3. The molecule has 5 heteroatoms. The molecule has 1 unspecified atom stereocenters. The van der Waals surface area contributed by atoms with E-state index >= 15 is 0 Å². The van der Waals surface area contributed by atoms with Crippen molar-refractivity contribution in [1.29, 1.82) is 0 Å². The summed E-state index contributed by atoms with van der Waals surface area (Å²) in [6.45, 7) is 3.93. The predicted octanol–water partition coefficient (Wildman–Crippen LogP) is 2.07. The SMILES string of the molecule is COc1cccc(CN2CCC3(CC2)CC(C(=O)O)N(C)C3)c1. The summed E-state index contributed by atoms with van der Waals surface area (Å²) in [6.07, 6.45) is 2.97. The summed E-state index contributed by atoms with van der Waals surface area (Å²) >= 11 is 0. The highest BCUT2D eigenvalue weighted by Gasteiger charge is 2.46. The summed E-state index contributed by atoms with van der Waals surface area (Å²) in [7, 11) is 3.63. The van der Waals surface area contributed by atoms with E-state index in [0.29, 0.717) is 0 Å². The third-order valence-electron chi connectivity index (χ3n) is 5.49. The van der Waals surface area contributed by atoms with Crippen molar-refractivity contribution in [3.63, 3.8) is 0 Å². The lowest BCUT2D eigenvalue weighted by molar-refractivity contribution is -0.141. The molecule has 2 aliphatic heterocycles. The van der Waals surface area contributed by atoms with Crippen molar-refractivity contribution in [3.05, 3.63) is 29.8 Å². The quantitative estimate of drug-likeness (QED) is 0.921. The molecule has 1 aromatic rings. The number of carbonyl (C=O) groups is 1. The molecule has 5 nitrogen and oxygen atoms in total. The van der Waals surface area contributed by atoms with Gasteiger partial charge in [0, 0.05) is 13.1 Å². The second-order valence-corrected chi connectivity index (χ2v) is 7.10.